The lowest BCUT2D eigenvalue weighted by molar-refractivity contribution is 0.153. The number of fused-ring (bicyclic) bond motifs is 2. The van der Waals surface area contributed by atoms with E-state index in [2.05, 4.69) is 54.9 Å². The maximum Gasteiger partial charge on any atom is 0.251 e. The van der Waals surface area contributed by atoms with Crippen molar-refractivity contribution in [2.45, 2.75) is 38.9 Å². The molecule has 0 aliphatic carbocycles. The molecule has 2 aromatic carbocycles. The van der Waals surface area contributed by atoms with Crippen LogP contribution in [0.2, 0.25) is 0 Å². The Labute approximate surface area is 196 Å². The number of pyridine rings is 1. The zero-order valence-electron chi connectivity index (χ0n) is 19.6. The Morgan fingerprint density at radius 3 is 2.55 bits per heavy atom. The van der Waals surface area contributed by atoms with E-state index in [-0.39, 0.29) is 5.56 Å². The van der Waals surface area contributed by atoms with E-state index in [9.17, 15) is 4.79 Å². The van der Waals surface area contributed by atoms with Gasteiger partial charge in [0.15, 0.2) is 19.5 Å². The lowest BCUT2D eigenvalue weighted by Gasteiger charge is -2.37. The first-order valence-corrected chi connectivity index (χ1v) is 12.0. The van der Waals surface area contributed by atoms with Gasteiger partial charge in [-0.3, -0.25) is 4.79 Å². The number of piperidine rings is 1. The molecule has 0 bridgehead atoms. The van der Waals surface area contributed by atoms with E-state index in [4.69, 9.17) is 9.47 Å². The summed E-state index contributed by atoms with van der Waals surface area (Å²) in [5, 5.41) is 1.12. The van der Waals surface area contributed by atoms with Crippen LogP contribution >= 0.6 is 0 Å². The number of ether oxygens (including phenoxy) is 2. The molecule has 5 rings (SSSR count). The summed E-state index contributed by atoms with van der Waals surface area (Å²) in [4.78, 5) is 17.5. The second-order valence-corrected chi connectivity index (χ2v) is 9.35. The van der Waals surface area contributed by atoms with E-state index >= 15 is 0 Å². The summed E-state index contributed by atoms with van der Waals surface area (Å²) in [7, 11) is 2.22. The summed E-state index contributed by atoms with van der Waals surface area (Å²) in [5.41, 5.74) is 3.57. The Morgan fingerprint density at radius 1 is 0.970 bits per heavy atom. The minimum absolute atomic E-state index is 0.0853. The van der Waals surface area contributed by atoms with Crippen LogP contribution in [0.5, 0.6) is 11.5 Å². The van der Waals surface area contributed by atoms with Crippen LogP contribution in [0.25, 0.3) is 10.9 Å². The van der Waals surface area contributed by atoms with Gasteiger partial charge in [0.1, 0.15) is 13.2 Å². The predicted molar refractivity (Wildman–Crippen MR) is 134 cm³/mol. The van der Waals surface area contributed by atoms with Crippen molar-refractivity contribution in [3.8, 4) is 11.5 Å². The highest BCUT2D eigenvalue weighted by Gasteiger charge is 2.23. The van der Waals surface area contributed by atoms with E-state index < -0.39 is 0 Å². The average molecular weight is 445 g/mol. The van der Waals surface area contributed by atoms with Gasteiger partial charge >= 0.3 is 0 Å². The number of hydrogen-bond acceptors (Lipinski definition) is 5. The van der Waals surface area contributed by atoms with Gasteiger partial charge in [0.05, 0.1) is 5.52 Å². The smallest absolute Gasteiger partial charge is 0.251 e. The molecule has 3 aromatic rings. The van der Waals surface area contributed by atoms with Crippen molar-refractivity contribution >= 4 is 18.9 Å². The van der Waals surface area contributed by atoms with Crippen molar-refractivity contribution in [1.29, 1.82) is 0 Å². The zero-order chi connectivity index (χ0) is 22.8. The molecule has 0 atom stereocenters. The van der Waals surface area contributed by atoms with E-state index in [0.29, 0.717) is 19.3 Å². The molecule has 7 heteroatoms. The summed E-state index contributed by atoms with van der Waals surface area (Å²) >= 11 is 0. The molecule has 0 spiro atoms. The second-order valence-electron chi connectivity index (χ2n) is 9.35. The molecule has 33 heavy (non-hydrogen) atoms. The van der Waals surface area contributed by atoms with Crippen molar-refractivity contribution in [2.24, 2.45) is 0 Å². The maximum atomic E-state index is 12.5. The van der Waals surface area contributed by atoms with Crippen LogP contribution in [-0.4, -0.2) is 61.1 Å². The normalized spacial score (nSPS) is 17.0. The van der Waals surface area contributed by atoms with Gasteiger partial charge in [-0.15, -0.1) is 0 Å². The molecule has 2 aliphatic heterocycles. The molecule has 0 unspecified atom stereocenters. The third-order valence-electron chi connectivity index (χ3n) is 7.01. The highest BCUT2D eigenvalue weighted by atomic mass is 16.6. The van der Waals surface area contributed by atoms with Gasteiger partial charge in [0.25, 0.3) is 5.56 Å². The number of nitrogens with zero attached hydrogens (tertiary/aromatic N) is 3. The van der Waals surface area contributed by atoms with Crippen molar-refractivity contribution in [2.75, 3.05) is 32.8 Å². The fourth-order valence-electron chi connectivity index (χ4n) is 5.06. The first-order valence-electron chi connectivity index (χ1n) is 12.0. The minimum Gasteiger partial charge on any atom is -0.486 e. The van der Waals surface area contributed by atoms with Crippen LogP contribution in [0.3, 0.4) is 0 Å². The molecule has 172 valence electrons. The topological polar surface area (TPSA) is 46.9 Å². The Hall–Kier alpha value is -2.77. The zero-order valence-corrected chi connectivity index (χ0v) is 19.6. The van der Waals surface area contributed by atoms with Crippen LogP contribution in [0.4, 0.5) is 0 Å². The Kier molecular flexibility index (Phi) is 6.42. The Bertz CT molecular complexity index is 1190. The van der Waals surface area contributed by atoms with Gasteiger partial charge in [-0.25, -0.2) is 0 Å². The summed E-state index contributed by atoms with van der Waals surface area (Å²) in [6, 6.07) is 16.8. The first kappa shape index (κ1) is 22.0. The second kappa shape index (κ2) is 9.61. The fourth-order valence-corrected chi connectivity index (χ4v) is 5.06. The van der Waals surface area contributed by atoms with Gasteiger partial charge in [-0.05, 0) is 73.6 Å². The molecule has 0 N–H and O–H groups in total. The van der Waals surface area contributed by atoms with Crippen molar-refractivity contribution in [3.05, 3.63) is 70.0 Å². The number of hydrogen-bond donors (Lipinski definition) is 0. The number of benzene rings is 2. The summed E-state index contributed by atoms with van der Waals surface area (Å²) in [5.74, 6) is 1.71. The van der Waals surface area contributed by atoms with Gasteiger partial charge in [-0.2, -0.15) is 0 Å². The summed E-state index contributed by atoms with van der Waals surface area (Å²) in [6.07, 6.45) is 2.29. The van der Waals surface area contributed by atoms with E-state index in [1.54, 1.807) is 6.07 Å². The molecule has 2 aliphatic rings. The highest BCUT2D eigenvalue weighted by Crippen LogP contribution is 2.31. The van der Waals surface area contributed by atoms with E-state index in [0.717, 1.165) is 68.0 Å². The van der Waals surface area contributed by atoms with Crippen molar-refractivity contribution in [1.82, 2.24) is 14.3 Å². The largest absolute Gasteiger partial charge is 0.486 e. The quantitative estimate of drug-likeness (QED) is 0.546. The van der Waals surface area contributed by atoms with Crippen LogP contribution in [0.1, 0.15) is 24.0 Å². The third-order valence-corrected chi connectivity index (χ3v) is 7.01. The van der Waals surface area contributed by atoms with Gasteiger partial charge in [0.2, 0.25) is 0 Å². The SMILES string of the molecule is BN(Cc1ccc2c(c1)OCCO2)C1CCN(CCn2c(=O)ccc3ccc(C)cc32)CC1. The number of aromatic nitrogens is 1. The van der Waals surface area contributed by atoms with E-state index in [1.165, 1.54) is 11.1 Å². The first-order chi connectivity index (χ1) is 16.1. The number of rotatable bonds is 6. The van der Waals surface area contributed by atoms with Crippen molar-refractivity contribution < 1.29 is 9.47 Å². The molecule has 1 aromatic heterocycles. The fraction of sp³-hybridized carbons (Fsp3) is 0.423. The molecule has 6 nitrogen and oxygen atoms in total. The monoisotopic (exact) mass is 445 g/mol. The predicted octanol–water partition coefficient (Wildman–Crippen LogP) is 2.60. The molecule has 0 saturated carbocycles. The van der Waals surface area contributed by atoms with Crippen LogP contribution in [0.15, 0.2) is 53.3 Å². The highest BCUT2D eigenvalue weighted by molar-refractivity contribution is 6.04. The third kappa shape index (κ3) is 4.94. The molecule has 0 amide bonds. The standard InChI is InChI=1S/C26H32BN3O3/c1-19-2-4-21-5-7-26(31)29(23(21)16-19)13-12-28-10-8-22(9-11-28)30(27)18-20-3-6-24-25(17-20)33-15-14-32-24/h2-7,16-17,22H,8-15,18,27H2,1H3. The Morgan fingerprint density at radius 2 is 1.73 bits per heavy atom. The number of aryl methyl sites for hydroxylation is 1. The van der Waals surface area contributed by atoms with Crippen LogP contribution in [0, 0.1) is 6.92 Å². The van der Waals surface area contributed by atoms with E-state index in [1.807, 2.05) is 16.7 Å². The lowest BCUT2D eigenvalue weighted by Crippen LogP contribution is -2.44. The average Bonchev–Trinajstić information content (AvgIpc) is 2.83. The Balaban J connectivity index is 1.16. The van der Waals surface area contributed by atoms with Gasteiger partial charge in [-0.1, -0.05) is 18.2 Å². The molecule has 3 heterocycles. The molecule has 1 saturated heterocycles. The van der Waals surface area contributed by atoms with Crippen molar-refractivity contribution in [3.63, 3.8) is 0 Å². The molecular weight excluding hydrogens is 413 g/mol. The molecule has 1 fully saturated rings. The van der Waals surface area contributed by atoms with Crippen LogP contribution in [-0.2, 0) is 13.1 Å². The molecule has 0 radical (unpaired) electrons. The van der Waals surface area contributed by atoms with Crippen LogP contribution < -0.4 is 15.0 Å². The molecular formula is C26H32BN3O3. The van der Waals surface area contributed by atoms with Gasteiger partial charge in [0, 0.05) is 31.7 Å². The van der Waals surface area contributed by atoms with Gasteiger partial charge < -0.3 is 23.8 Å². The number of likely N-dealkylation sites (tertiary alicyclic amines) is 1. The minimum atomic E-state index is 0.0853. The maximum absolute atomic E-state index is 12.5. The summed E-state index contributed by atoms with van der Waals surface area (Å²) < 4.78 is 13.3. The lowest BCUT2D eigenvalue weighted by atomic mass is 9.99. The summed E-state index contributed by atoms with van der Waals surface area (Å²) in [6.45, 7) is 8.00.